The lowest BCUT2D eigenvalue weighted by Crippen LogP contribution is -2.18. The average molecular weight is 628 g/mol. The predicted octanol–water partition coefficient (Wildman–Crippen LogP) is 10.6. The van der Waals surface area contributed by atoms with Crippen molar-refractivity contribution in [1.29, 1.82) is 0 Å². The third-order valence-electron chi connectivity index (χ3n) is 7.79. The van der Waals surface area contributed by atoms with Gasteiger partial charge in [-0.25, -0.2) is 0 Å². The summed E-state index contributed by atoms with van der Waals surface area (Å²) in [5, 5.41) is 4.60. The van der Waals surface area contributed by atoms with Crippen LogP contribution in [0.25, 0.3) is 0 Å². The molecule has 2 aliphatic rings. The summed E-state index contributed by atoms with van der Waals surface area (Å²) in [4.78, 5) is 20.2. The number of anilines is 4. The number of para-hydroxylation sites is 4. The second-order valence-corrected chi connectivity index (χ2v) is 12.8. The van der Waals surface area contributed by atoms with Crippen molar-refractivity contribution >= 4 is 51.4 Å². The Morgan fingerprint density at radius 1 is 0.844 bits per heavy atom. The van der Waals surface area contributed by atoms with Crippen molar-refractivity contribution in [1.82, 2.24) is 0 Å². The highest BCUT2D eigenvalue weighted by molar-refractivity contribution is 8.14. The van der Waals surface area contributed by atoms with Gasteiger partial charge in [-0.1, -0.05) is 84.6 Å². The van der Waals surface area contributed by atoms with Crippen LogP contribution in [0.2, 0.25) is 0 Å². The lowest BCUT2D eigenvalue weighted by Gasteiger charge is -2.28. The van der Waals surface area contributed by atoms with Crippen LogP contribution in [0.3, 0.4) is 0 Å². The highest BCUT2D eigenvalue weighted by atomic mass is 32.2. The third-order valence-corrected chi connectivity index (χ3v) is 9.83. The fourth-order valence-corrected chi connectivity index (χ4v) is 7.64. The van der Waals surface area contributed by atoms with Crippen molar-refractivity contribution in [3.8, 4) is 0 Å². The second kappa shape index (κ2) is 14.6. The smallest absolute Gasteiger partial charge is 0.216 e. The number of carbonyl (C=O) groups excluding carboxylic acids is 1. The average Bonchev–Trinajstić information content (AvgIpc) is 3.65. The molecule has 4 aromatic rings. The number of thioether (sulfide) groups is 2. The maximum Gasteiger partial charge on any atom is 0.216 e. The van der Waals surface area contributed by atoms with Crippen LogP contribution in [-0.4, -0.2) is 18.2 Å². The van der Waals surface area contributed by atoms with Gasteiger partial charge in [-0.15, -0.1) is 0 Å². The molecule has 0 radical (unpaired) electrons. The zero-order valence-electron chi connectivity index (χ0n) is 25.6. The van der Waals surface area contributed by atoms with Crippen molar-refractivity contribution in [2.75, 3.05) is 28.2 Å². The molecule has 226 valence electrons. The third kappa shape index (κ3) is 6.98. The van der Waals surface area contributed by atoms with Crippen LogP contribution in [0, 0.1) is 0 Å². The first-order valence-corrected chi connectivity index (χ1v) is 17.1. The molecule has 0 bridgehead atoms. The molecule has 1 N–H and O–H groups in total. The minimum atomic E-state index is 0.0106. The van der Waals surface area contributed by atoms with Crippen molar-refractivity contribution < 1.29 is 4.79 Å². The van der Waals surface area contributed by atoms with E-state index in [1.165, 1.54) is 32.9 Å². The normalized spacial score (nSPS) is 16.2. The summed E-state index contributed by atoms with van der Waals surface area (Å²) in [7, 11) is 0. The molecular weight excluding hydrogens is 591 g/mol. The summed E-state index contributed by atoms with van der Waals surface area (Å²) in [6.45, 7) is 5.98. The van der Waals surface area contributed by atoms with Crippen molar-refractivity contribution in [2.24, 2.45) is 0 Å². The number of allylic oxidation sites excluding steroid dienone is 5. The van der Waals surface area contributed by atoms with Gasteiger partial charge in [0.25, 0.3) is 0 Å². The fraction of sp³-hybridized carbons (Fsp3) is 0.154. The number of benzene rings is 4. The number of hydrogen-bond donors (Lipinski definition) is 1. The van der Waals surface area contributed by atoms with E-state index in [-0.39, 0.29) is 5.12 Å². The van der Waals surface area contributed by atoms with Gasteiger partial charge in [0.05, 0.1) is 16.4 Å². The van der Waals surface area contributed by atoms with E-state index < -0.39 is 0 Å². The summed E-state index contributed by atoms with van der Waals surface area (Å²) in [6.07, 6.45) is 10.1. The molecule has 0 aromatic heterocycles. The molecule has 45 heavy (non-hydrogen) atoms. The first-order valence-electron chi connectivity index (χ1n) is 15.5. The maximum absolute atomic E-state index is 13.3. The van der Waals surface area contributed by atoms with Crippen molar-refractivity contribution in [3.05, 3.63) is 155 Å². The number of nitrogens with zero attached hydrogens (tertiary/aromatic N) is 2. The van der Waals surface area contributed by atoms with Gasteiger partial charge in [0.15, 0.2) is 0 Å². The quantitative estimate of drug-likeness (QED) is 0.139. The minimum absolute atomic E-state index is 0.0106. The van der Waals surface area contributed by atoms with Crippen molar-refractivity contribution in [2.45, 2.75) is 36.5 Å². The maximum atomic E-state index is 13.3. The van der Waals surface area contributed by atoms with Gasteiger partial charge in [0, 0.05) is 39.9 Å². The SMILES string of the molecule is CCNc1ccccc1SC(=O)/C=C/C1=C(N(c2ccccc2)c2ccccc2)C(=C/C=C2\Sc3ccccc3N2CC)/CC1. The Morgan fingerprint density at radius 2 is 1.51 bits per heavy atom. The Morgan fingerprint density at radius 3 is 2.22 bits per heavy atom. The van der Waals surface area contributed by atoms with E-state index >= 15 is 0 Å². The van der Waals surface area contributed by atoms with Crippen LogP contribution in [0.15, 0.2) is 165 Å². The number of hydrogen-bond acceptors (Lipinski definition) is 6. The standard InChI is InChI=1S/C39H37N3OS2/c1-3-40-33-19-11-13-21-35(33)45-38(43)28-26-30-24-23-29(25-27-37-41(4-2)34-20-12-14-22-36(34)44-37)39(30)42(31-15-7-5-8-16-31)32-17-9-6-10-18-32/h5-22,25-28,40H,3-4,23-24H2,1-2H3/b28-26+,29-25+,37-27-. The molecule has 1 aliphatic carbocycles. The minimum Gasteiger partial charge on any atom is -0.384 e. The Kier molecular flexibility index (Phi) is 9.93. The van der Waals surface area contributed by atoms with Crippen LogP contribution in [0.4, 0.5) is 22.7 Å². The molecule has 0 unspecified atom stereocenters. The zero-order chi connectivity index (χ0) is 31.0. The summed E-state index contributed by atoms with van der Waals surface area (Å²) in [5.41, 5.74) is 7.96. The molecule has 0 saturated heterocycles. The Bertz CT molecular complexity index is 1740. The van der Waals surface area contributed by atoms with Crippen LogP contribution < -0.4 is 15.1 Å². The van der Waals surface area contributed by atoms with Crippen LogP contribution in [0.1, 0.15) is 26.7 Å². The van der Waals surface area contributed by atoms with E-state index in [1.807, 2.05) is 54.2 Å². The number of nitrogens with one attached hydrogen (secondary N) is 1. The van der Waals surface area contributed by atoms with Crippen molar-refractivity contribution in [3.63, 3.8) is 0 Å². The van der Waals surface area contributed by atoms with E-state index in [0.717, 1.165) is 59.2 Å². The van der Waals surface area contributed by atoms with E-state index in [1.54, 1.807) is 6.08 Å². The molecule has 0 atom stereocenters. The Labute approximate surface area is 275 Å². The summed E-state index contributed by atoms with van der Waals surface area (Å²) in [6, 6.07) is 37.6. The lowest BCUT2D eigenvalue weighted by molar-refractivity contribution is -0.107. The van der Waals surface area contributed by atoms with Gasteiger partial charge in [-0.2, -0.15) is 0 Å². The van der Waals surface area contributed by atoms with Gasteiger partial charge >= 0.3 is 0 Å². The topological polar surface area (TPSA) is 35.6 Å². The summed E-state index contributed by atoms with van der Waals surface area (Å²) < 4.78 is 0. The van der Waals surface area contributed by atoms with Gasteiger partial charge in [0.1, 0.15) is 0 Å². The molecule has 0 amide bonds. The van der Waals surface area contributed by atoms with Gasteiger partial charge in [-0.3, -0.25) is 4.79 Å². The Balaban J connectivity index is 1.40. The van der Waals surface area contributed by atoms with E-state index in [9.17, 15) is 4.79 Å². The number of carbonyl (C=O) groups is 1. The molecule has 1 heterocycles. The molecule has 4 nitrogen and oxygen atoms in total. The molecule has 0 fully saturated rings. The summed E-state index contributed by atoms with van der Waals surface area (Å²) >= 11 is 3.08. The van der Waals surface area contributed by atoms with Crippen LogP contribution in [0.5, 0.6) is 0 Å². The molecule has 0 saturated carbocycles. The first kappa shape index (κ1) is 30.6. The lowest BCUT2D eigenvalue weighted by atomic mass is 10.1. The molecule has 1 aliphatic heterocycles. The molecule has 4 aromatic carbocycles. The monoisotopic (exact) mass is 627 g/mol. The molecular formula is C39H37N3OS2. The largest absolute Gasteiger partial charge is 0.384 e. The Hall–Kier alpha value is -4.39. The van der Waals surface area contributed by atoms with Crippen LogP contribution in [-0.2, 0) is 4.79 Å². The molecule has 0 spiro atoms. The van der Waals surface area contributed by atoms with Gasteiger partial charge < -0.3 is 15.1 Å². The molecule has 6 heteroatoms. The highest BCUT2D eigenvalue weighted by Crippen LogP contribution is 2.46. The fourth-order valence-electron chi connectivity index (χ4n) is 5.76. The predicted molar refractivity (Wildman–Crippen MR) is 193 cm³/mol. The van der Waals surface area contributed by atoms with E-state index in [4.69, 9.17) is 0 Å². The number of fused-ring (bicyclic) bond motifs is 1. The number of rotatable bonds is 10. The first-order chi connectivity index (χ1) is 22.2. The highest BCUT2D eigenvalue weighted by Gasteiger charge is 2.27. The summed E-state index contributed by atoms with van der Waals surface area (Å²) in [5.74, 6) is 0. The van der Waals surface area contributed by atoms with Crippen LogP contribution >= 0.6 is 23.5 Å². The molecule has 6 rings (SSSR count). The van der Waals surface area contributed by atoms with E-state index in [2.05, 4.69) is 114 Å². The second-order valence-electron chi connectivity index (χ2n) is 10.7. The van der Waals surface area contributed by atoms with E-state index in [0.29, 0.717) is 0 Å². The zero-order valence-corrected chi connectivity index (χ0v) is 27.3. The van der Waals surface area contributed by atoms with Gasteiger partial charge in [-0.05, 0) is 110 Å². The van der Waals surface area contributed by atoms with Gasteiger partial charge in [0.2, 0.25) is 5.12 Å².